The van der Waals surface area contributed by atoms with Crippen molar-refractivity contribution in [1.82, 2.24) is 9.78 Å². The fraction of sp³-hybridized carbons (Fsp3) is 0.250. The summed E-state index contributed by atoms with van der Waals surface area (Å²) in [7, 11) is 1.50. The molecule has 1 aromatic heterocycles. The Labute approximate surface area is 174 Å². The SMILES string of the molecule is CCn1cc(-c2c([N+](=O)[O-])ccc(OCc3ccc(OC)cc3)c2F)c(C(F)(F)F)n1. The van der Waals surface area contributed by atoms with Crippen molar-refractivity contribution in [2.24, 2.45) is 0 Å². The second-order valence-electron chi connectivity index (χ2n) is 6.41. The molecule has 0 fully saturated rings. The largest absolute Gasteiger partial charge is 0.497 e. The first-order valence-electron chi connectivity index (χ1n) is 9.03. The molecule has 0 aliphatic carbocycles. The molecule has 1 heterocycles. The summed E-state index contributed by atoms with van der Waals surface area (Å²) in [5.74, 6) is -1.10. The molecule has 0 spiro atoms. The van der Waals surface area contributed by atoms with E-state index in [1.165, 1.54) is 14.0 Å². The lowest BCUT2D eigenvalue weighted by molar-refractivity contribution is -0.384. The number of aryl methyl sites for hydroxylation is 1. The molecular formula is C20H17F4N3O4. The highest BCUT2D eigenvalue weighted by molar-refractivity contribution is 5.77. The first-order valence-corrected chi connectivity index (χ1v) is 9.03. The highest BCUT2D eigenvalue weighted by Gasteiger charge is 2.40. The van der Waals surface area contributed by atoms with Gasteiger partial charge in [0.05, 0.1) is 12.0 Å². The lowest BCUT2D eigenvalue weighted by Crippen LogP contribution is -2.10. The van der Waals surface area contributed by atoms with Crippen LogP contribution < -0.4 is 9.47 Å². The third kappa shape index (κ3) is 4.60. The second kappa shape index (κ2) is 8.62. The first-order chi connectivity index (χ1) is 14.7. The highest BCUT2D eigenvalue weighted by atomic mass is 19.4. The van der Waals surface area contributed by atoms with Gasteiger partial charge in [-0.3, -0.25) is 14.8 Å². The van der Waals surface area contributed by atoms with Gasteiger partial charge in [0.2, 0.25) is 0 Å². The number of rotatable bonds is 7. The minimum Gasteiger partial charge on any atom is -0.497 e. The van der Waals surface area contributed by atoms with Crippen molar-refractivity contribution >= 4 is 5.69 Å². The van der Waals surface area contributed by atoms with Crippen molar-refractivity contribution in [2.75, 3.05) is 7.11 Å². The van der Waals surface area contributed by atoms with Crippen molar-refractivity contribution in [1.29, 1.82) is 0 Å². The van der Waals surface area contributed by atoms with E-state index in [9.17, 15) is 23.3 Å². The molecule has 3 aromatic rings. The molecule has 0 amide bonds. The molecule has 0 atom stereocenters. The van der Waals surface area contributed by atoms with Crippen LogP contribution in [0.15, 0.2) is 42.6 Å². The third-order valence-electron chi connectivity index (χ3n) is 4.46. The molecule has 2 aromatic carbocycles. The molecule has 31 heavy (non-hydrogen) atoms. The van der Waals surface area contributed by atoms with Crippen LogP contribution in [0.25, 0.3) is 11.1 Å². The minimum atomic E-state index is -4.93. The molecule has 11 heteroatoms. The van der Waals surface area contributed by atoms with Gasteiger partial charge in [-0.05, 0) is 30.7 Å². The summed E-state index contributed by atoms with van der Waals surface area (Å²) in [4.78, 5) is 10.5. The number of ether oxygens (including phenoxy) is 2. The van der Waals surface area contributed by atoms with E-state index in [0.717, 1.165) is 23.0 Å². The number of hydrogen-bond donors (Lipinski definition) is 0. The van der Waals surface area contributed by atoms with E-state index in [1.807, 2.05) is 0 Å². The maximum Gasteiger partial charge on any atom is 0.435 e. The van der Waals surface area contributed by atoms with Crippen LogP contribution in [0.2, 0.25) is 0 Å². The number of methoxy groups -OCH3 is 1. The lowest BCUT2D eigenvalue weighted by Gasteiger charge is -2.12. The van der Waals surface area contributed by atoms with Gasteiger partial charge in [-0.1, -0.05) is 12.1 Å². The van der Waals surface area contributed by atoms with Crippen LogP contribution in [-0.4, -0.2) is 21.8 Å². The molecule has 0 radical (unpaired) electrons. The van der Waals surface area contributed by atoms with E-state index in [2.05, 4.69) is 5.10 Å². The van der Waals surface area contributed by atoms with Gasteiger partial charge in [-0.2, -0.15) is 18.3 Å². The third-order valence-corrected chi connectivity index (χ3v) is 4.46. The first kappa shape index (κ1) is 22.1. The average Bonchev–Trinajstić information content (AvgIpc) is 3.17. The number of nitro groups is 1. The van der Waals surface area contributed by atoms with E-state index < -0.39 is 45.2 Å². The van der Waals surface area contributed by atoms with Gasteiger partial charge >= 0.3 is 6.18 Å². The maximum absolute atomic E-state index is 15.2. The van der Waals surface area contributed by atoms with E-state index in [-0.39, 0.29) is 13.2 Å². The summed E-state index contributed by atoms with van der Waals surface area (Å²) in [6, 6.07) is 8.56. The summed E-state index contributed by atoms with van der Waals surface area (Å²) in [6.07, 6.45) is -4.00. The molecule has 0 saturated carbocycles. The zero-order valence-electron chi connectivity index (χ0n) is 16.4. The Morgan fingerprint density at radius 3 is 2.39 bits per heavy atom. The molecule has 0 unspecified atom stereocenters. The normalized spacial score (nSPS) is 11.4. The summed E-state index contributed by atoms with van der Waals surface area (Å²) < 4.78 is 67.0. The standard InChI is InChI=1S/C20H17F4N3O4/c1-3-26-10-14(19(25-26)20(22,23)24)17-15(27(28)29)8-9-16(18(17)21)31-11-12-4-6-13(30-2)7-5-12/h4-10H,3,11H2,1-2H3. The van der Waals surface area contributed by atoms with Crippen LogP contribution in [0.1, 0.15) is 18.2 Å². The van der Waals surface area contributed by atoms with Crippen molar-refractivity contribution < 1.29 is 32.0 Å². The molecule has 3 rings (SSSR count). The number of benzene rings is 2. The molecule has 0 bridgehead atoms. The number of nitro benzene ring substituents is 1. The predicted molar refractivity (Wildman–Crippen MR) is 102 cm³/mol. The van der Waals surface area contributed by atoms with E-state index >= 15 is 4.39 Å². The van der Waals surface area contributed by atoms with E-state index in [0.29, 0.717) is 11.3 Å². The average molecular weight is 439 g/mol. The van der Waals surface area contributed by atoms with Crippen LogP contribution in [0, 0.1) is 15.9 Å². The van der Waals surface area contributed by atoms with Gasteiger partial charge in [0, 0.05) is 24.4 Å². The van der Waals surface area contributed by atoms with Crippen molar-refractivity contribution in [3.8, 4) is 22.6 Å². The Bertz CT molecular complexity index is 1100. The minimum absolute atomic E-state index is 0.0617. The fourth-order valence-corrected chi connectivity index (χ4v) is 2.93. The predicted octanol–water partition coefficient (Wildman–Crippen LogP) is 5.22. The number of alkyl halides is 3. The summed E-state index contributed by atoms with van der Waals surface area (Å²) in [5.41, 5.74) is -3.16. The number of nitrogens with zero attached hydrogens (tertiary/aromatic N) is 3. The van der Waals surface area contributed by atoms with Crippen molar-refractivity contribution in [2.45, 2.75) is 26.3 Å². The molecule has 164 valence electrons. The maximum atomic E-state index is 15.2. The van der Waals surface area contributed by atoms with Crippen LogP contribution in [0.3, 0.4) is 0 Å². The van der Waals surface area contributed by atoms with Gasteiger partial charge in [0.1, 0.15) is 17.9 Å². The van der Waals surface area contributed by atoms with Crippen molar-refractivity contribution in [3.05, 3.63) is 69.8 Å². The van der Waals surface area contributed by atoms with Gasteiger partial charge in [0.15, 0.2) is 17.3 Å². The Balaban J connectivity index is 2.06. The zero-order chi connectivity index (χ0) is 22.8. The van der Waals surface area contributed by atoms with Crippen LogP contribution in [0.4, 0.5) is 23.2 Å². The summed E-state index contributed by atoms with van der Waals surface area (Å²) in [5, 5.41) is 14.8. The Morgan fingerprint density at radius 2 is 1.84 bits per heavy atom. The van der Waals surface area contributed by atoms with Crippen LogP contribution in [0.5, 0.6) is 11.5 Å². The number of halogens is 4. The van der Waals surface area contributed by atoms with Crippen molar-refractivity contribution in [3.63, 3.8) is 0 Å². The Kier molecular flexibility index (Phi) is 6.14. The van der Waals surface area contributed by atoms with Crippen LogP contribution in [-0.2, 0) is 19.3 Å². The van der Waals surface area contributed by atoms with E-state index in [4.69, 9.17) is 9.47 Å². The quantitative estimate of drug-likeness (QED) is 0.286. The Morgan fingerprint density at radius 1 is 1.16 bits per heavy atom. The fourth-order valence-electron chi connectivity index (χ4n) is 2.93. The smallest absolute Gasteiger partial charge is 0.435 e. The van der Waals surface area contributed by atoms with Crippen LogP contribution >= 0.6 is 0 Å². The molecule has 7 nitrogen and oxygen atoms in total. The summed E-state index contributed by atoms with van der Waals surface area (Å²) in [6.45, 7) is 1.49. The van der Waals surface area contributed by atoms with Gasteiger partial charge in [0.25, 0.3) is 5.69 Å². The Hall–Kier alpha value is -3.63. The topological polar surface area (TPSA) is 79.4 Å². The molecule has 0 aliphatic rings. The summed E-state index contributed by atoms with van der Waals surface area (Å²) >= 11 is 0. The van der Waals surface area contributed by atoms with Gasteiger partial charge in [-0.15, -0.1) is 0 Å². The molecule has 0 aliphatic heterocycles. The lowest BCUT2D eigenvalue weighted by atomic mass is 10.0. The zero-order valence-corrected chi connectivity index (χ0v) is 16.4. The second-order valence-corrected chi connectivity index (χ2v) is 6.41. The van der Waals surface area contributed by atoms with Gasteiger partial charge in [-0.25, -0.2) is 4.39 Å². The van der Waals surface area contributed by atoms with E-state index in [1.54, 1.807) is 24.3 Å². The number of aromatic nitrogens is 2. The monoisotopic (exact) mass is 439 g/mol. The molecule has 0 saturated heterocycles. The van der Waals surface area contributed by atoms with Gasteiger partial charge < -0.3 is 9.47 Å². The molecule has 0 N–H and O–H groups in total. The molecular weight excluding hydrogens is 422 g/mol. The number of hydrogen-bond acceptors (Lipinski definition) is 5. The highest BCUT2D eigenvalue weighted by Crippen LogP contribution is 2.43.